The quantitative estimate of drug-likeness (QED) is 0.590. The Labute approximate surface area is 112 Å². The van der Waals surface area contributed by atoms with E-state index >= 15 is 0 Å². The first-order chi connectivity index (χ1) is 8.25. The summed E-state index contributed by atoms with van der Waals surface area (Å²) >= 11 is 4.79. The van der Waals surface area contributed by atoms with Gasteiger partial charge in [-0.2, -0.15) is 0 Å². The zero-order valence-corrected chi connectivity index (χ0v) is 11.2. The maximum absolute atomic E-state index is 12.9. The van der Waals surface area contributed by atoms with Gasteiger partial charge in [0.1, 0.15) is 5.82 Å². The molecule has 0 aliphatic carbocycles. The van der Waals surface area contributed by atoms with Gasteiger partial charge in [-0.25, -0.2) is 8.79 Å². The third kappa shape index (κ3) is 3.68. The van der Waals surface area contributed by atoms with Crippen LogP contribution in [0.5, 0.6) is 0 Å². The summed E-state index contributed by atoms with van der Waals surface area (Å²) in [5.41, 5.74) is 0.754. The molecule has 0 saturated heterocycles. The van der Waals surface area contributed by atoms with Crippen molar-refractivity contribution in [3.8, 4) is 0 Å². The molecule has 0 bridgehead atoms. The summed E-state index contributed by atoms with van der Waals surface area (Å²) < 4.78 is 18.1. The zero-order valence-electron chi connectivity index (χ0n) is 8.81. The molecule has 0 saturated carbocycles. The zero-order chi connectivity index (χ0) is 12.1. The number of rotatable bonds is 3. The molecule has 2 rings (SSSR count). The summed E-state index contributed by atoms with van der Waals surface area (Å²) in [4.78, 5) is 1.03. The summed E-state index contributed by atoms with van der Waals surface area (Å²) in [6.45, 7) is 0. The van der Waals surface area contributed by atoms with Gasteiger partial charge in [-0.1, -0.05) is 24.3 Å². The second kappa shape index (κ2) is 5.98. The Balaban J connectivity index is 2.06. The molecule has 0 atom stereocenters. The predicted octanol–water partition coefficient (Wildman–Crippen LogP) is 4.71. The Hall–Kier alpha value is -1.13. The van der Waals surface area contributed by atoms with Crippen molar-refractivity contribution >= 4 is 34.1 Å². The van der Waals surface area contributed by atoms with Gasteiger partial charge in [-0.15, -0.1) is 0 Å². The van der Waals surface area contributed by atoms with Gasteiger partial charge in [0.2, 0.25) is 0 Å². The van der Waals surface area contributed by atoms with E-state index in [4.69, 9.17) is 0 Å². The van der Waals surface area contributed by atoms with Gasteiger partial charge in [0.15, 0.2) is 0 Å². The highest BCUT2D eigenvalue weighted by atomic mass is 79.9. The molecule has 0 aliphatic rings. The van der Waals surface area contributed by atoms with E-state index in [0.717, 1.165) is 14.9 Å². The minimum atomic E-state index is -0.250. The lowest BCUT2D eigenvalue weighted by Gasteiger charge is -1.98. The molecule has 0 heterocycles. The second-order valence-electron chi connectivity index (χ2n) is 3.31. The van der Waals surface area contributed by atoms with Crippen molar-refractivity contribution in [3.63, 3.8) is 0 Å². The smallest absolute Gasteiger partial charge is 0.123 e. The van der Waals surface area contributed by atoms with Gasteiger partial charge >= 0.3 is 0 Å². The molecule has 1 nitrogen and oxygen atoms in total. The van der Waals surface area contributed by atoms with Gasteiger partial charge in [-0.05, 0) is 45.8 Å². The van der Waals surface area contributed by atoms with Crippen LogP contribution in [0.4, 0.5) is 4.39 Å². The fourth-order valence-electron chi connectivity index (χ4n) is 1.25. The van der Waals surface area contributed by atoms with Gasteiger partial charge in [0, 0.05) is 27.5 Å². The van der Waals surface area contributed by atoms with Crippen LogP contribution < -0.4 is 0 Å². The Bertz CT molecular complexity index is 542. The summed E-state index contributed by atoms with van der Waals surface area (Å²) in [7, 11) is 0. The third-order valence-electron chi connectivity index (χ3n) is 2.04. The van der Waals surface area contributed by atoms with Crippen molar-refractivity contribution in [2.45, 2.75) is 4.90 Å². The first-order valence-corrected chi connectivity index (χ1v) is 6.53. The first-order valence-electron chi connectivity index (χ1n) is 4.96. The standard InChI is InChI=1S/C13H9BrFNS/c14-12-6-1-2-7-13(12)17-16-9-10-4-3-5-11(15)8-10/h1-9H. The predicted molar refractivity (Wildman–Crippen MR) is 74.0 cm³/mol. The van der Waals surface area contributed by atoms with Crippen LogP contribution in [0.2, 0.25) is 0 Å². The molecule has 0 N–H and O–H groups in total. The number of nitrogens with zero attached hydrogens (tertiary/aromatic N) is 1. The highest BCUT2D eigenvalue weighted by molar-refractivity contribution is 9.10. The molecular formula is C13H9BrFNS. The van der Waals surface area contributed by atoms with Crippen LogP contribution in [0.25, 0.3) is 0 Å². The molecule has 0 radical (unpaired) electrons. The van der Waals surface area contributed by atoms with Crippen LogP contribution in [0.1, 0.15) is 5.56 Å². The number of hydrogen-bond donors (Lipinski definition) is 0. The maximum Gasteiger partial charge on any atom is 0.123 e. The lowest BCUT2D eigenvalue weighted by Crippen LogP contribution is -1.81. The normalized spacial score (nSPS) is 10.9. The maximum atomic E-state index is 12.9. The molecule has 0 aromatic heterocycles. The summed E-state index contributed by atoms with van der Waals surface area (Å²) in [5.74, 6) is -0.250. The summed E-state index contributed by atoms with van der Waals surface area (Å²) in [6, 6.07) is 14.2. The molecule has 2 aromatic carbocycles. The molecular weight excluding hydrogens is 301 g/mol. The SMILES string of the molecule is Fc1cccc(C=NSc2ccccc2Br)c1. The molecule has 0 aliphatic heterocycles. The average Bonchev–Trinajstić information content (AvgIpc) is 2.32. The molecule has 2 aromatic rings. The van der Waals surface area contributed by atoms with Crippen molar-refractivity contribution < 1.29 is 4.39 Å². The van der Waals surface area contributed by atoms with E-state index in [1.54, 1.807) is 12.3 Å². The fourth-order valence-corrected chi connectivity index (χ4v) is 2.33. The van der Waals surface area contributed by atoms with E-state index < -0.39 is 0 Å². The molecule has 86 valence electrons. The number of benzene rings is 2. The van der Waals surface area contributed by atoms with Gasteiger partial charge in [-0.3, -0.25) is 0 Å². The fraction of sp³-hybridized carbons (Fsp3) is 0. The third-order valence-corrected chi connectivity index (χ3v) is 3.76. The Morgan fingerprint density at radius 2 is 1.94 bits per heavy atom. The van der Waals surface area contributed by atoms with Crippen LogP contribution in [0.3, 0.4) is 0 Å². The number of hydrogen-bond acceptors (Lipinski definition) is 2. The highest BCUT2D eigenvalue weighted by Gasteiger charge is 1.97. The lowest BCUT2D eigenvalue weighted by molar-refractivity contribution is 0.627. The van der Waals surface area contributed by atoms with Gasteiger partial charge in [0.05, 0.1) is 0 Å². The van der Waals surface area contributed by atoms with Crippen LogP contribution >= 0.6 is 27.9 Å². The first kappa shape index (κ1) is 12.3. The van der Waals surface area contributed by atoms with Crippen LogP contribution in [0, 0.1) is 5.82 Å². The number of halogens is 2. The van der Waals surface area contributed by atoms with Gasteiger partial charge < -0.3 is 0 Å². The monoisotopic (exact) mass is 309 g/mol. The average molecular weight is 310 g/mol. The van der Waals surface area contributed by atoms with Crippen molar-refractivity contribution in [2.75, 3.05) is 0 Å². The van der Waals surface area contributed by atoms with Crippen LogP contribution in [-0.4, -0.2) is 6.21 Å². The van der Waals surface area contributed by atoms with E-state index in [1.165, 1.54) is 24.1 Å². The molecule has 0 spiro atoms. The largest absolute Gasteiger partial charge is 0.219 e. The molecule has 4 heteroatoms. The Morgan fingerprint density at radius 1 is 1.12 bits per heavy atom. The molecule has 0 fully saturated rings. The Kier molecular flexibility index (Phi) is 4.34. The second-order valence-corrected chi connectivity index (χ2v) is 5.00. The van der Waals surface area contributed by atoms with E-state index in [1.807, 2.05) is 30.3 Å². The van der Waals surface area contributed by atoms with Crippen molar-refractivity contribution in [1.82, 2.24) is 0 Å². The molecule has 0 amide bonds. The van der Waals surface area contributed by atoms with Gasteiger partial charge in [0.25, 0.3) is 0 Å². The summed E-state index contributed by atoms with van der Waals surface area (Å²) in [6.07, 6.45) is 1.65. The molecule has 0 unspecified atom stereocenters. The minimum Gasteiger partial charge on any atom is -0.219 e. The van der Waals surface area contributed by atoms with Crippen molar-refractivity contribution in [1.29, 1.82) is 0 Å². The molecule has 17 heavy (non-hydrogen) atoms. The van der Waals surface area contributed by atoms with Crippen LogP contribution in [-0.2, 0) is 0 Å². The minimum absolute atomic E-state index is 0.250. The van der Waals surface area contributed by atoms with Crippen LogP contribution in [0.15, 0.2) is 62.3 Å². The van der Waals surface area contributed by atoms with E-state index in [9.17, 15) is 4.39 Å². The van der Waals surface area contributed by atoms with E-state index in [2.05, 4.69) is 20.3 Å². The Morgan fingerprint density at radius 3 is 2.71 bits per heavy atom. The van der Waals surface area contributed by atoms with Crippen molar-refractivity contribution in [2.24, 2.45) is 4.40 Å². The lowest BCUT2D eigenvalue weighted by atomic mass is 10.2. The van der Waals surface area contributed by atoms with E-state index in [-0.39, 0.29) is 5.82 Å². The van der Waals surface area contributed by atoms with E-state index in [0.29, 0.717) is 0 Å². The topological polar surface area (TPSA) is 12.4 Å². The van der Waals surface area contributed by atoms with Crippen molar-refractivity contribution in [3.05, 3.63) is 64.4 Å². The highest BCUT2D eigenvalue weighted by Crippen LogP contribution is 2.27. The summed E-state index contributed by atoms with van der Waals surface area (Å²) in [5, 5.41) is 0.